The van der Waals surface area contributed by atoms with E-state index in [-0.39, 0.29) is 5.92 Å². The molecule has 3 aromatic rings. The Balaban J connectivity index is 1.48. The van der Waals surface area contributed by atoms with Crippen LogP contribution in [0.2, 0.25) is 5.02 Å². The maximum absolute atomic E-state index is 13.1. The van der Waals surface area contributed by atoms with E-state index < -0.39 is 23.8 Å². The first-order valence-electron chi connectivity index (χ1n) is 9.45. The highest BCUT2D eigenvalue weighted by Crippen LogP contribution is 2.43. The predicted molar refractivity (Wildman–Crippen MR) is 105 cm³/mol. The van der Waals surface area contributed by atoms with Crippen LogP contribution >= 0.6 is 11.6 Å². The summed E-state index contributed by atoms with van der Waals surface area (Å²) in [6, 6.07) is 7.50. The van der Waals surface area contributed by atoms with Crippen molar-refractivity contribution in [3.63, 3.8) is 0 Å². The molecule has 1 aromatic carbocycles. The third-order valence-corrected chi connectivity index (χ3v) is 5.36. The third-order valence-electron chi connectivity index (χ3n) is 4.99. The molecule has 1 N–H and O–H groups in total. The molecular weight excluding hydrogens is 419 g/mol. The summed E-state index contributed by atoms with van der Waals surface area (Å²) in [7, 11) is 0. The van der Waals surface area contributed by atoms with Crippen LogP contribution in [0.1, 0.15) is 48.7 Å². The Morgan fingerprint density at radius 3 is 2.73 bits per heavy atom. The molecule has 1 amide bonds. The van der Waals surface area contributed by atoms with Gasteiger partial charge in [0, 0.05) is 22.8 Å². The van der Waals surface area contributed by atoms with E-state index in [9.17, 15) is 18.0 Å². The van der Waals surface area contributed by atoms with Crippen molar-refractivity contribution in [1.82, 2.24) is 19.6 Å². The van der Waals surface area contributed by atoms with E-state index in [2.05, 4.69) is 15.5 Å². The number of benzene rings is 1. The largest absolute Gasteiger partial charge is 0.435 e. The number of nitrogens with one attached hydrogen (secondary N) is 1. The zero-order chi connectivity index (χ0) is 21.5. The summed E-state index contributed by atoms with van der Waals surface area (Å²) in [5, 5.41) is 11.2. The Bertz CT molecular complexity index is 1070. The molecule has 10 heteroatoms. The summed E-state index contributed by atoms with van der Waals surface area (Å²) in [4.78, 5) is 12.7. The van der Waals surface area contributed by atoms with Crippen molar-refractivity contribution in [2.45, 2.75) is 44.4 Å². The fraction of sp³-hybridized carbons (Fsp3) is 0.350. The van der Waals surface area contributed by atoms with E-state index in [1.807, 2.05) is 18.2 Å². The molecule has 0 radical (unpaired) electrons. The standard InChI is InChI=1S/C20H19ClF3N5O/c1-12(29-17(13-6-7-13)8-18(27-29)20(22,23)24)19(30)26-15-9-25-28(11-15)10-14-4-2-3-5-16(14)21/h2-5,8-9,11-13H,6-7,10H2,1H3,(H,26,30). The number of aromatic nitrogens is 4. The number of carbonyl (C=O) groups is 1. The highest BCUT2D eigenvalue weighted by Gasteiger charge is 2.39. The van der Waals surface area contributed by atoms with Gasteiger partial charge in [0.1, 0.15) is 6.04 Å². The molecule has 30 heavy (non-hydrogen) atoms. The quantitative estimate of drug-likeness (QED) is 0.598. The number of rotatable bonds is 6. The van der Waals surface area contributed by atoms with E-state index in [4.69, 9.17) is 11.6 Å². The van der Waals surface area contributed by atoms with Crippen molar-refractivity contribution in [2.75, 3.05) is 5.32 Å². The normalized spacial score (nSPS) is 15.2. The van der Waals surface area contributed by atoms with Crippen LogP contribution < -0.4 is 5.32 Å². The maximum atomic E-state index is 13.1. The van der Waals surface area contributed by atoms with Gasteiger partial charge in [-0.25, -0.2) is 0 Å². The van der Waals surface area contributed by atoms with Gasteiger partial charge >= 0.3 is 6.18 Å². The summed E-state index contributed by atoms with van der Waals surface area (Å²) in [5.41, 5.74) is 0.782. The lowest BCUT2D eigenvalue weighted by Crippen LogP contribution is -2.26. The Labute approximate surface area is 175 Å². The van der Waals surface area contributed by atoms with Crippen LogP contribution in [0, 0.1) is 0 Å². The molecule has 2 aromatic heterocycles. The molecule has 158 valence electrons. The third kappa shape index (κ3) is 4.35. The Morgan fingerprint density at radius 1 is 1.33 bits per heavy atom. The van der Waals surface area contributed by atoms with E-state index in [0.717, 1.165) is 24.5 Å². The summed E-state index contributed by atoms with van der Waals surface area (Å²) < 4.78 is 42.1. The van der Waals surface area contributed by atoms with Crippen LogP contribution in [-0.2, 0) is 17.5 Å². The van der Waals surface area contributed by atoms with E-state index in [1.165, 1.54) is 17.8 Å². The molecule has 0 bridgehead atoms. The van der Waals surface area contributed by atoms with E-state index >= 15 is 0 Å². The van der Waals surface area contributed by atoms with Crippen LogP contribution in [0.25, 0.3) is 0 Å². The van der Waals surface area contributed by atoms with Crippen LogP contribution in [0.4, 0.5) is 18.9 Å². The molecule has 0 spiro atoms. The van der Waals surface area contributed by atoms with Gasteiger partial charge in [-0.1, -0.05) is 29.8 Å². The van der Waals surface area contributed by atoms with Crippen LogP contribution in [0.3, 0.4) is 0 Å². The lowest BCUT2D eigenvalue weighted by atomic mass is 10.2. The van der Waals surface area contributed by atoms with Crippen molar-refractivity contribution >= 4 is 23.2 Å². The summed E-state index contributed by atoms with van der Waals surface area (Å²) in [6.07, 6.45) is 0.163. The summed E-state index contributed by atoms with van der Waals surface area (Å²) in [5.74, 6) is -0.451. The molecule has 1 atom stereocenters. The van der Waals surface area contributed by atoms with Gasteiger partial charge in [-0.3, -0.25) is 14.2 Å². The molecule has 1 fully saturated rings. The molecule has 4 rings (SSSR count). The highest BCUT2D eigenvalue weighted by atomic mass is 35.5. The van der Waals surface area contributed by atoms with Crippen molar-refractivity contribution in [3.05, 3.63) is 64.7 Å². The number of anilines is 1. The zero-order valence-corrected chi connectivity index (χ0v) is 16.8. The van der Waals surface area contributed by atoms with Gasteiger partial charge in [-0.15, -0.1) is 0 Å². The molecule has 1 aliphatic rings. The number of hydrogen-bond donors (Lipinski definition) is 1. The number of carbonyl (C=O) groups excluding carboxylic acids is 1. The molecule has 2 heterocycles. The zero-order valence-electron chi connectivity index (χ0n) is 16.0. The first-order valence-corrected chi connectivity index (χ1v) is 9.83. The second-order valence-corrected chi connectivity index (χ2v) is 7.76. The lowest BCUT2D eigenvalue weighted by Gasteiger charge is -2.15. The second-order valence-electron chi connectivity index (χ2n) is 7.35. The van der Waals surface area contributed by atoms with Gasteiger partial charge in [-0.05, 0) is 37.5 Å². The topological polar surface area (TPSA) is 64.7 Å². The van der Waals surface area contributed by atoms with Crippen molar-refractivity contribution in [2.24, 2.45) is 0 Å². The van der Waals surface area contributed by atoms with E-state index in [1.54, 1.807) is 16.9 Å². The van der Waals surface area contributed by atoms with Crippen LogP contribution in [0.15, 0.2) is 42.7 Å². The Morgan fingerprint density at radius 2 is 2.07 bits per heavy atom. The molecule has 6 nitrogen and oxygen atoms in total. The summed E-state index contributed by atoms with van der Waals surface area (Å²) >= 11 is 6.15. The van der Waals surface area contributed by atoms with Gasteiger partial charge in [0.25, 0.3) is 0 Å². The average Bonchev–Trinajstić information content (AvgIpc) is 3.27. The highest BCUT2D eigenvalue weighted by molar-refractivity contribution is 6.31. The number of halogens is 4. The number of nitrogens with zero attached hydrogens (tertiary/aromatic N) is 4. The van der Waals surface area contributed by atoms with Crippen molar-refractivity contribution < 1.29 is 18.0 Å². The minimum absolute atomic E-state index is 0.0159. The molecular formula is C20H19ClF3N5O. The van der Waals surface area contributed by atoms with Crippen LogP contribution in [0.5, 0.6) is 0 Å². The predicted octanol–water partition coefficient (Wildman–Crippen LogP) is 4.88. The van der Waals surface area contributed by atoms with Gasteiger partial charge in [0.15, 0.2) is 5.69 Å². The first kappa shape index (κ1) is 20.5. The number of amides is 1. The average molecular weight is 438 g/mol. The lowest BCUT2D eigenvalue weighted by molar-refractivity contribution is -0.141. The van der Waals surface area contributed by atoms with Gasteiger partial charge in [0.2, 0.25) is 5.91 Å². The van der Waals surface area contributed by atoms with Crippen molar-refractivity contribution in [1.29, 1.82) is 0 Å². The number of hydrogen-bond acceptors (Lipinski definition) is 3. The molecule has 0 aliphatic heterocycles. The second kappa shape index (κ2) is 7.79. The molecule has 1 saturated carbocycles. The smallest absolute Gasteiger partial charge is 0.322 e. The van der Waals surface area contributed by atoms with Crippen LogP contribution in [-0.4, -0.2) is 25.5 Å². The van der Waals surface area contributed by atoms with Gasteiger partial charge in [-0.2, -0.15) is 23.4 Å². The summed E-state index contributed by atoms with van der Waals surface area (Å²) in [6.45, 7) is 1.95. The molecule has 1 aliphatic carbocycles. The minimum atomic E-state index is -4.55. The Kier molecular flexibility index (Phi) is 5.31. The fourth-order valence-corrected chi connectivity index (χ4v) is 3.41. The van der Waals surface area contributed by atoms with Gasteiger partial charge in [0.05, 0.1) is 18.4 Å². The first-order chi connectivity index (χ1) is 14.2. The fourth-order valence-electron chi connectivity index (χ4n) is 3.22. The van der Waals surface area contributed by atoms with Crippen molar-refractivity contribution in [3.8, 4) is 0 Å². The van der Waals surface area contributed by atoms with E-state index in [0.29, 0.717) is 22.9 Å². The van der Waals surface area contributed by atoms with Gasteiger partial charge < -0.3 is 5.32 Å². The maximum Gasteiger partial charge on any atom is 0.435 e. The SMILES string of the molecule is CC(C(=O)Nc1cnn(Cc2ccccc2Cl)c1)n1nc(C(F)(F)F)cc1C1CC1. The molecule has 0 saturated heterocycles. The minimum Gasteiger partial charge on any atom is -0.322 e. The monoisotopic (exact) mass is 437 g/mol. The molecule has 1 unspecified atom stereocenters. The number of alkyl halides is 3. The Hall–Kier alpha value is -2.81.